The van der Waals surface area contributed by atoms with Gasteiger partial charge in [-0.1, -0.05) is 62.3 Å². The first-order chi connectivity index (χ1) is 18.8. The first kappa shape index (κ1) is 38.0. The number of hydrogen-bond donors (Lipinski definition) is 0. The molecular formula is C30H51AlO9. The van der Waals surface area contributed by atoms with E-state index in [0.717, 1.165) is 0 Å². The van der Waals surface area contributed by atoms with Crippen LogP contribution < -0.4 is 0 Å². The van der Waals surface area contributed by atoms with Crippen molar-refractivity contribution in [2.75, 3.05) is 0 Å². The van der Waals surface area contributed by atoms with Gasteiger partial charge in [0.2, 0.25) is 0 Å². The lowest BCUT2D eigenvalue weighted by Gasteiger charge is -2.29. The Balaban J connectivity index is 5.82. The molecule has 0 heterocycles. The highest BCUT2D eigenvalue weighted by atomic mass is 27.3. The average Bonchev–Trinajstić information content (AvgIpc) is 2.92. The topological polar surface area (TPSA) is 130 Å². The third kappa shape index (κ3) is 9.80. The van der Waals surface area contributed by atoms with E-state index in [1.807, 2.05) is 62.3 Å². The van der Waals surface area contributed by atoms with Crippen molar-refractivity contribution in [1.82, 2.24) is 0 Å². The molecule has 0 aromatic rings. The van der Waals surface area contributed by atoms with Crippen molar-refractivity contribution in [3.8, 4) is 0 Å². The van der Waals surface area contributed by atoms with Crippen LogP contribution in [-0.2, 0) is 40.1 Å². The minimum absolute atomic E-state index is 0.307. The number of carbonyl (C=O) groups is 6. The summed E-state index contributed by atoms with van der Waals surface area (Å²) < 4.78 is 15.8. The second-order valence-electron chi connectivity index (χ2n) is 10.6. The molecule has 0 saturated carbocycles. The molecule has 0 N–H and O–H groups in total. The van der Waals surface area contributed by atoms with Gasteiger partial charge in [0, 0.05) is 16.2 Å². The summed E-state index contributed by atoms with van der Waals surface area (Å²) in [5, 5.41) is 0. The Morgan fingerprint density at radius 1 is 0.400 bits per heavy atom. The van der Waals surface area contributed by atoms with Crippen LogP contribution in [0.1, 0.15) is 139 Å². The lowest BCUT2D eigenvalue weighted by Crippen LogP contribution is -2.39. The van der Waals surface area contributed by atoms with Crippen molar-refractivity contribution in [2.24, 2.45) is 16.2 Å². The number of Topliss-reactive ketones (excluding diaryl/α,β-unsaturated/α-hetero) is 3. The van der Waals surface area contributed by atoms with Gasteiger partial charge in [0.1, 0.15) is 36.6 Å². The van der Waals surface area contributed by atoms with Crippen LogP contribution in [0.25, 0.3) is 0 Å². The van der Waals surface area contributed by atoms with Crippen LogP contribution in [0.2, 0.25) is 0 Å². The third-order valence-corrected chi connectivity index (χ3v) is 10.8. The minimum Gasteiger partial charge on any atom is -0.550 e. The van der Waals surface area contributed by atoms with Gasteiger partial charge in [0.05, 0.1) is 0 Å². The highest BCUT2D eigenvalue weighted by Gasteiger charge is 2.51. The Bertz CT molecular complexity index is 745. The van der Waals surface area contributed by atoms with E-state index in [9.17, 15) is 28.8 Å². The van der Waals surface area contributed by atoms with Gasteiger partial charge in [-0.3, -0.25) is 28.8 Å². The van der Waals surface area contributed by atoms with Crippen LogP contribution in [0.15, 0.2) is 0 Å². The zero-order valence-electron chi connectivity index (χ0n) is 26.2. The predicted octanol–water partition coefficient (Wildman–Crippen LogP) is 6.13. The molecular weight excluding hydrogens is 531 g/mol. The van der Waals surface area contributed by atoms with E-state index >= 15 is 0 Å². The zero-order chi connectivity index (χ0) is 31.1. The van der Waals surface area contributed by atoms with Crippen LogP contribution in [0.3, 0.4) is 0 Å². The Hall–Kier alpha value is -2.05. The van der Waals surface area contributed by atoms with Gasteiger partial charge in [0.15, 0.2) is 0 Å². The van der Waals surface area contributed by atoms with Crippen LogP contribution in [-0.4, -0.2) is 50.4 Å². The second kappa shape index (κ2) is 17.7. The van der Waals surface area contributed by atoms with Gasteiger partial charge >= 0.3 is 15.1 Å². The fourth-order valence-electron chi connectivity index (χ4n) is 5.50. The molecule has 40 heavy (non-hydrogen) atoms. The van der Waals surface area contributed by atoms with E-state index in [1.165, 1.54) is 0 Å². The third-order valence-electron chi connectivity index (χ3n) is 9.46. The molecule has 0 aromatic heterocycles. The highest BCUT2D eigenvalue weighted by molar-refractivity contribution is 6.44. The smallest absolute Gasteiger partial charge is 0.550 e. The molecule has 0 aliphatic heterocycles. The molecule has 0 aromatic carbocycles. The quantitative estimate of drug-likeness (QED) is 0.116. The molecule has 0 amide bonds. The summed E-state index contributed by atoms with van der Waals surface area (Å²) in [7, 11) is 0. The standard InChI is InChI=1S/3C10H18O3.Al/c3*1-4-10(5-2,6-3)8(11)7-9(12)13;/h3*4-7H2,1-3H3,(H,12,13);/q;;;+3/p-3. The lowest BCUT2D eigenvalue weighted by molar-refractivity contribution is -0.150. The maximum absolute atomic E-state index is 12.9. The molecule has 0 fully saturated rings. The van der Waals surface area contributed by atoms with Crippen molar-refractivity contribution >= 4 is 50.4 Å². The van der Waals surface area contributed by atoms with Gasteiger partial charge in [0.25, 0.3) is 17.9 Å². The van der Waals surface area contributed by atoms with Gasteiger partial charge in [-0.2, -0.15) is 0 Å². The van der Waals surface area contributed by atoms with E-state index in [-0.39, 0.29) is 17.3 Å². The molecule has 0 aliphatic rings. The maximum atomic E-state index is 12.9. The molecule has 0 saturated heterocycles. The Morgan fingerprint density at radius 3 is 0.725 bits per heavy atom. The monoisotopic (exact) mass is 582 g/mol. The highest BCUT2D eigenvalue weighted by Crippen LogP contribution is 2.35. The van der Waals surface area contributed by atoms with Crippen molar-refractivity contribution < 1.29 is 40.1 Å². The molecule has 0 spiro atoms. The molecule has 10 heteroatoms. The van der Waals surface area contributed by atoms with Crippen LogP contribution >= 0.6 is 0 Å². The summed E-state index contributed by atoms with van der Waals surface area (Å²) in [6.45, 7) is 16.9. The first-order valence-corrected chi connectivity index (χ1v) is 16.4. The van der Waals surface area contributed by atoms with Crippen LogP contribution in [0.4, 0.5) is 0 Å². The molecule has 0 unspecified atom stereocenters. The number of carbonyl (C=O) groups excluding carboxylic acids is 6. The van der Waals surface area contributed by atoms with E-state index in [1.54, 1.807) is 0 Å². The van der Waals surface area contributed by atoms with Crippen molar-refractivity contribution in [3.63, 3.8) is 0 Å². The maximum Gasteiger partial charge on any atom is 1.20 e. The van der Waals surface area contributed by atoms with Crippen LogP contribution in [0, 0.1) is 16.2 Å². The van der Waals surface area contributed by atoms with Crippen molar-refractivity contribution in [1.29, 1.82) is 0 Å². The summed E-state index contributed by atoms with van der Waals surface area (Å²) >= 11 is -3.83. The van der Waals surface area contributed by atoms with Crippen LogP contribution in [0.5, 0.6) is 0 Å². The zero-order valence-corrected chi connectivity index (χ0v) is 27.4. The van der Waals surface area contributed by atoms with E-state index < -0.39 is 68.6 Å². The Morgan fingerprint density at radius 2 is 0.575 bits per heavy atom. The largest absolute Gasteiger partial charge is 1.20 e. The summed E-state index contributed by atoms with van der Waals surface area (Å²) in [4.78, 5) is 77.0. The average molecular weight is 583 g/mol. The minimum atomic E-state index is -3.83. The predicted molar refractivity (Wildman–Crippen MR) is 153 cm³/mol. The lowest BCUT2D eigenvalue weighted by atomic mass is 9.75. The number of hydrogen-bond acceptors (Lipinski definition) is 9. The van der Waals surface area contributed by atoms with Gasteiger partial charge < -0.3 is 11.4 Å². The number of ketones is 3. The summed E-state index contributed by atoms with van der Waals surface area (Å²) in [5.41, 5.74) is -2.05. The summed E-state index contributed by atoms with van der Waals surface area (Å²) in [6, 6.07) is 0. The van der Waals surface area contributed by atoms with Gasteiger partial charge in [-0.05, 0) is 57.8 Å². The summed E-state index contributed by atoms with van der Waals surface area (Å²) in [5.74, 6) is -3.85. The van der Waals surface area contributed by atoms with Gasteiger partial charge in [-0.15, -0.1) is 0 Å². The SMILES string of the molecule is CCC(CC)(CC)C(=O)CC(=O)[O][Al]([O]C(=O)CC(=O)C(CC)(CC)CC)[O]C(=O)CC(=O)C(CC)(CC)CC. The van der Waals surface area contributed by atoms with Crippen molar-refractivity contribution in [2.45, 2.75) is 139 Å². The van der Waals surface area contributed by atoms with Gasteiger partial charge in [-0.25, -0.2) is 0 Å². The fourth-order valence-corrected chi connectivity index (χ4v) is 6.54. The Kier molecular flexibility index (Phi) is 16.8. The number of rotatable bonds is 21. The fraction of sp³-hybridized carbons (Fsp3) is 0.800. The first-order valence-electron chi connectivity index (χ1n) is 15.0. The van der Waals surface area contributed by atoms with E-state index in [2.05, 4.69) is 0 Å². The molecule has 0 atom stereocenters. The summed E-state index contributed by atoms with van der Waals surface area (Å²) in [6.07, 6.45) is 3.20. The van der Waals surface area contributed by atoms with E-state index in [4.69, 9.17) is 11.4 Å². The molecule has 0 aliphatic carbocycles. The normalized spacial score (nSPS) is 11.9. The molecule has 9 nitrogen and oxygen atoms in total. The molecule has 0 rings (SSSR count). The van der Waals surface area contributed by atoms with Crippen molar-refractivity contribution in [3.05, 3.63) is 0 Å². The molecule has 228 valence electrons. The van der Waals surface area contributed by atoms with E-state index in [0.29, 0.717) is 57.8 Å². The Labute approximate surface area is 245 Å². The second-order valence-corrected chi connectivity index (χ2v) is 11.9. The molecule has 0 bridgehead atoms. The molecule has 0 radical (unpaired) electrons.